The maximum absolute atomic E-state index is 12.3. The number of nitrogens with zero attached hydrogens (tertiary/aromatic N) is 1. The van der Waals surface area contributed by atoms with Gasteiger partial charge in [-0.2, -0.15) is 5.26 Å². The van der Waals surface area contributed by atoms with E-state index in [9.17, 15) is 10.1 Å². The number of terminal acetylenes is 1. The normalized spacial score (nSPS) is 10.5. The molecule has 0 heterocycles. The van der Waals surface area contributed by atoms with E-state index in [1.165, 1.54) is 6.08 Å². The van der Waals surface area contributed by atoms with Crippen molar-refractivity contribution in [3.63, 3.8) is 0 Å². The van der Waals surface area contributed by atoms with Crippen molar-refractivity contribution >= 4 is 45.2 Å². The molecule has 0 aliphatic carbocycles. The molecule has 0 atom stereocenters. The summed E-state index contributed by atoms with van der Waals surface area (Å²) in [5, 5.41) is 12.5. The molecule has 124 valence electrons. The highest BCUT2D eigenvalue weighted by molar-refractivity contribution is 9.10. The van der Waals surface area contributed by atoms with Gasteiger partial charge in [0, 0.05) is 20.7 Å². The molecule has 0 bridgehead atoms. The summed E-state index contributed by atoms with van der Waals surface area (Å²) in [6.07, 6.45) is 6.64. The first kappa shape index (κ1) is 18.6. The first-order valence-corrected chi connectivity index (χ1v) is 8.25. The molecule has 0 aliphatic heterocycles. The minimum Gasteiger partial charge on any atom is -0.480 e. The molecule has 2 aromatic rings. The molecule has 0 fully saturated rings. The number of amides is 1. The minimum atomic E-state index is -0.548. The predicted molar refractivity (Wildman–Crippen MR) is 102 cm³/mol. The van der Waals surface area contributed by atoms with Crippen LogP contribution in [-0.2, 0) is 4.79 Å². The Kier molecular flexibility index (Phi) is 6.65. The van der Waals surface area contributed by atoms with Gasteiger partial charge in [-0.3, -0.25) is 4.79 Å². The van der Waals surface area contributed by atoms with Crippen molar-refractivity contribution in [1.29, 1.82) is 5.26 Å². The molecule has 6 heteroatoms. The van der Waals surface area contributed by atoms with Gasteiger partial charge in [0.05, 0.1) is 0 Å². The summed E-state index contributed by atoms with van der Waals surface area (Å²) in [4.78, 5) is 12.3. The second-order valence-electron chi connectivity index (χ2n) is 4.81. The van der Waals surface area contributed by atoms with Gasteiger partial charge in [-0.05, 0) is 42.5 Å². The summed E-state index contributed by atoms with van der Waals surface area (Å²) in [7, 11) is 0. The van der Waals surface area contributed by atoms with Gasteiger partial charge in [0.15, 0.2) is 0 Å². The largest absolute Gasteiger partial charge is 0.480 e. The van der Waals surface area contributed by atoms with E-state index in [1.807, 2.05) is 6.07 Å². The highest BCUT2D eigenvalue weighted by Gasteiger charge is 2.12. The number of nitrogens with one attached hydrogen (secondary N) is 1. The fourth-order valence-electron chi connectivity index (χ4n) is 1.95. The van der Waals surface area contributed by atoms with Crippen LogP contribution in [-0.4, -0.2) is 12.5 Å². The van der Waals surface area contributed by atoms with Gasteiger partial charge in [-0.25, -0.2) is 0 Å². The van der Waals surface area contributed by atoms with Crippen LogP contribution in [0.25, 0.3) is 6.08 Å². The maximum atomic E-state index is 12.3. The monoisotopic (exact) mass is 414 g/mol. The lowest BCUT2D eigenvalue weighted by atomic mass is 10.1. The predicted octanol–water partition coefficient (Wildman–Crippen LogP) is 4.66. The van der Waals surface area contributed by atoms with Gasteiger partial charge < -0.3 is 10.1 Å². The number of benzene rings is 2. The number of anilines is 1. The van der Waals surface area contributed by atoms with E-state index in [2.05, 4.69) is 27.2 Å². The number of hydrogen-bond acceptors (Lipinski definition) is 3. The van der Waals surface area contributed by atoms with Crippen LogP contribution in [0.15, 0.2) is 52.5 Å². The summed E-state index contributed by atoms with van der Waals surface area (Å²) < 4.78 is 6.22. The van der Waals surface area contributed by atoms with E-state index < -0.39 is 5.91 Å². The van der Waals surface area contributed by atoms with Crippen LogP contribution < -0.4 is 10.1 Å². The van der Waals surface area contributed by atoms with E-state index in [1.54, 1.807) is 42.5 Å². The smallest absolute Gasteiger partial charge is 0.266 e. The lowest BCUT2D eigenvalue weighted by Gasteiger charge is -2.08. The van der Waals surface area contributed by atoms with Crippen LogP contribution in [0.3, 0.4) is 0 Å². The molecule has 1 amide bonds. The van der Waals surface area contributed by atoms with E-state index in [-0.39, 0.29) is 12.2 Å². The standard InChI is InChI=1S/C19H12BrClN2O2/c1-2-8-25-18-7-6-15(20)10-13(18)9-14(12-22)19(24)23-17-5-3-4-16(21)11-17/h1,3-7,9-11H,8H2,(H,23,24)/b14-9+. The fraction of sp³-hybridized carbons (Fsp3) is 0.0526. The number of hydrogen-bond donors (Lipinski definition) is 1. The molecule has 1 N–H and O–H groups in total. The third-order valence-corrected chi connectivity index (χ3v) is 3.76. The van der Waals surface area contributed by atoms with Crippen LogP contribution in [0.5, 0.6) is 5.75 Å². The van der Waals surface area contributed by atoms with Gasteiger partial charge in [0.2, 0.25) is 0 Å². The van der Waals surface area contributed by atoms with Crippen LogP contribution in [0, 0.1) is 23.7 Å². The van der Waals surface area contributed by atoms with Crippen molar-refractivity contribution in [2.24, 2.45) is 0 Å². The molecular formula is C19H12BrClN2O2. The average Bonchev–Trinajstić information content (AvgIpc) is 2.58. The summed E-state index contributed by atoms with van der Waals surface area (Å²) in [5.41, 5.74) is 0.975. The first-order valence-electron chi connectivity index (χ1n) is 7.08. The molecule has 2 rings (SSSR count). The zero-order chi connectivity index (χ0) is 18.2. The Bertz CT molecular complexity index is 910. The zero-order valence-electron chi connectivity index (χ0n) is 12.9. The number of carbonyl (C=O) groups excluding carboxylic acids is 1. The highest BCUT2D eigenvalue weighted by Crippen LogP contribution is 2.26. The lowest BCUT2D eigenvalue weighted by molar-refractivity contribution is -0.112. The van der Waals surface area contributed by atoms with Gasteiger partial charge in [0.25, 0.3) is 5.91 Å². The molecule has 0 aliphatic rings. The van der Waals surface area contributed by atoms with Crippen LogP contribution in [0.2, 0.25) is 5.02 Å². The molecule has 25 heavy (non-hydrogen) atoms. The highest BCUT2D eigenvalue weighted by atomic mass is 79.9. The Labute approximate surface area is 159 Å². The Hall–Kier alpha value is -2.73. The van der Waals surface area contributed by atoms with Crippen LogP contribution in [0.1, 0.15) is 5.56 Å². The second-order valence-corrected chi connectivity index (χ2v) is 6.16. The van der Waals surface area contributed by atoms with E-state index >= 15 is 0 Å². The fourth-order valence-corrected chi connectivity index (χ4v) is 2.52. The summed E-state index contributed by atoms with van der Waals surface area (Å²) in [5.74, 6) is 2.30. The molecule has 0 radical (unpaired) electrons. The van der Waals surface area contributed by atoms with Crippen molar-refractivity contribution in [2.45, 2.75) is 0 Å². The van der Waals surface area contributed by atoms with Crippen LogP contribution >= 0.6 is 27.5 Å². The number of halogens is 2. The van der Waals surface area contributed by atoms with Crippen molar-refractivity contribution in [3.8, 4) is 24.2 Å². The zero-order valence-corrected chi connectivity index (χ0v) is 15.3. The third-order valence-electron chi connectivity index (χ3n) is 3.03. The number of nitriles is 1. The van der Waals surface area contributed by atoms with Crippen molar-refractivity contribution in [2.75, 3.05) is 11.9 Å². The van der Waals surface area contributed by atoms with Gasteiger partial charge >= 0.3 is 0 Å². The topological polar surface area (TPSA) is 62.1 Å². The number of rotatable bonds is 5. The molecule has 0 saturated heterocycles. The molecule has 0 unspecified atom stereocenters. The molecule has 2 aromatic carbocycles. The van der Waals surface area contributed by atoms with E-state index in [0.717, 1.165) is 4.47 Å². The maximum Gasteiger partial charge on any atom is 0.266 e. The summed E-state index contributed by atoms with van der Waals surface area (Å²) in [6, 6.07) is 13.8. The number of carbonyl (C=O) groups is 1. The molecular weight excluding hydrogens is 404 g/mol. The SMILES string of the molecule is C#CCOc1ccc(Br)cc1/C=C(\C#N)C(=O)Nc1cccc(Cl)c1. The van der Waals surface area contributed by atoms with Gasteiger partial charge in [-0.1, -0.05) is 39.5 Å². The Morgan fingerprint density at radius 2 is 2.16 bits per heavy atom. The van der Waals surface area contributed by atoms with Crippen molar-refractivity contribution < 1.29 is 9.53 Å². The summed E-state index contributed by atoms with van der Waals surface area (Å²) in [6.45, 7) is 0.0824. The Morgan fingerprint density at radius 3 is 2.84 bits per heavy atom. The lowest BCUT2D eigenvalue weighted by Crippen LogP contribution is -2.13. The van der Waals surface area contributed by atoms with Crippen LogP contribution in [0.4, 0.5) is 5.69 Å². The Balaban J connectivity index is 2.30. The molecule has 0 spiro atoms. The van der Waals surface area contributed by atoms with Gasteiger partial charge in [0.1, 0.15) is 24.0 Å². The average molecular weight is 416 g/mol. The number of ether oxygens (including phenoxy) is 1. The summed E-state index contributed by atoms with van der Waals surface area (Å²) >= 11 is 9.24. The first-order chi connectivity index (χ1) is 12.0. The quantitative estimate of drug-likeness (QED) is 0.439. The van der Waals surface area contributed by atoms with Gasteiger partial charge in [-0.15, -0.1) is 6.42 Å². The molecule has 0 saturated carbocycles. The van der Waals surface area contributed by atoms with E-state index in [4.69, 9.17) is 22.8 Å². The Morgan fingerprint density at radius 1 is 1.36 bits per heavy atom. The third kappa shape index (κ3) is 5.39. The molecule has 4 nitrogen and oxygen atoms in total. The van der Waals surface area contributed by atoms with Crippen molar-refractivity contribution in [3.05, 3.63) is 63.1 Å². The van der Waals surface area contributed by atoms with Crippen molar-refractivity contribution in [1.82, 2.24) is 0 Å². The second kappa shape index (κ2) is 8.94. The van der Waals surface area contributed by atoms with E-state index in [0.29, 0.717) is 22.0 Å². The molecule has 0 aromatic heterocycles. The minimum absolute atomic E-state index is 0.0800.